The SMILES string of the molecule is O=C(CSc1ccccc1F)NCC1CCCCC1. The summed E-state index contributed by atoms with van der Waals surface area (Å²) in [6.07, 6.45) is 6.34. The number of hydrogen-bond acceptors (Lipinski definition) is 2. The van der Waals surface area contributed by atoms with Crippen molar-refractivity contribution in [2.45, 2.75) is 37.0 Å². The first kappa shape index (κ1) is 14.4. The van der Waals surface area contributed by atoms with Gasteiger partial charge in [0.1, 0.15) is 5.82 Å². The van der Waals surface area contributed by atoms with E-state index in [1.165, 1.54) is 49.9 Å². The van der Waals surface area contributed by atoms with Crippen molar-refractivity contribution in [2.24, 2.45) is 5.92 Å². The van der Waals surface area contributed by atoms with Gasteiger partial charge in [-0.15, -0.1) is 11.8 Å². The number of carbonyl (C=O) groups is 1. The molecule has 0 spiro atoms. The van der Waals surface area contributed by atoms with Crippen molar-refractivity contribution in [3.63, 3.8) is 0 Å². The summed E-state index contributed by atoms with van der Waals surface area (Å²) in [6.45, 7) is 0.774. The number of amides is 1. The number of rotatable bonds is 5. The topological polar surface area (TPSA) is 29.1 Å². The summed E-state index contributed by atoms with van der Waals surface area (Å²) in [7, 11) is 0. The Bertz CT molecular complexity index is 418. The van der Waals surface area contributed by atoms with Gasteiger partial charge in [0.25, 0.3) is 0 Å². The Morgan fingerprint density at radius 1 is 1.26 bits per heavy atom. The molecule has 1 aromatic carbocycles. The smallest absolute Gasteiger partial charge is 0.230 e. The number of benzene rings is 1. The van der Waals surface area contributed by atoms with Crippen LogP contribution in [0.3, 0.4) is 0 Å². The molecule has 0 aromatic heterocycles. The molecule has 0 radical (unpaired) electrons. The van der Waals surface area contributed by atoms with Crippen LogP contribution in [0.4, 0.5) is 4.39 Å². The largest absolute Gasteiger partial charge is 0.355 e. The van der Waals surface area contributed by atoms with E-state index in [0.29, 0.717) is 10.8 Å². The van der Waals surface area contributed by atoms with Crippen LogP contribution >= 0.6 is 11.8 Å². The van der Waals surface area contributed by atoms with Crippen LogP contribution in [-0.4, -0.2) is 18.2 Å². The van der Waals surface area contributed by atoms with Crippen molar-refractivity contribution in [1.82, 2.24) is 5.32 Å². The van der Waals surface area contributed by atoms with Crippen LogP contribution in [0.5, 0.6) is 0 Å². The minimum Gasteiger partial charge on any atom is -0.355 e. The van der Waals surface area contributed by atoms with Crippen LogP contribution in [0.15, 0.2) is 29.2 Å². The third kappa shape index (κ3) is 4.86. The predicted molar refractivity (Wildman–Crippen MR) is 76.7 cm³/mol. The summed E-state index contributed by atoms with van der Waals surface area (Å²) < 4.78 is 13.4. The standard InChI is InChI=1S/C15H20FNOS/c16-13-8-4-5-9-14(13)19-11-15(18)17-10-12-6-2-1-3-7-12/h4-5,8-9,12H,1-3,6-7,10-11H2,(H,17,18). The third-order valence-electron chi connectivity index (χ3n) is 3.51. The summed E-state index contributed by atoms with van der Waals surface area (Å²) in [5.74, 6) is 0.663. The molecule has 0 heterocycles. The minimum atomic E-state index is -0.257. The van der Waals surface area contributed by atoms with Gasteiger partial charge in [-0.3, -0.25) is 4.79 Å². The lowest BCUT2D eigenvalue weighted by atomic mass is 9.89. The lowest BCUT2D eigenvalue weighted by Crippen LogP contribution is -2.31. The molecule has 19 heavy (non-hydrogen) atoms. The van der Waals surface area contributed by atoms with Crippen molar-refractivity contribution in [1.29, 1.82) is 0 Å². The molecule has 2 rings (SSSR count). The van der Waals surface area contributed by atoms with Crippen molar-refractivity contribution in [3.05, 3.63) is 30.1 Å². The highest BCUT2D eigenvalue weighted by atomic mass is 32.2. The summed E-state index contributed by atoms with van der Waals surface area (Å²) >= 11 is 1.25. The van der Waals surface area contributed by atoms with E-state index in [2.05, 4.69) is 5.32 Å². The number of nitrogens with one attached hydrogen (secondary N) is 1. The molecule has 2 nitrogen and oxygen atoms in total. The lowest BCUT2D eigenvalue weighted by molar-refractivity contribution is -0.118. The van der Waals surface area contributed by atoms with E-state index in [-0.39, 0.29) is 17.5 Å². The van der Waals surface area contributed by atoms with E-state index >= 15 is 0 Å². The average Bonchev–Trinajstić information content (AvgIpc) is 2.45. The van der Waals surface area contributed by atoms with Gasteiger partial charge in [0.2, 0.25) is 5.91 Å². The first-order chi connectivity index (χ1) is 9.25. The normalized spacial score (nSPS) is 16.3. The maximum atomic E-state index is 13.4. The highest BCUT2D eigenvalue weighted by molar-refractivity contribution is 8.00. The highest BCUT2D eigenvalue weighted by Gasteiger charge is 2.14. The quantitative estimate of drug-likeness (QED) is 0.835. The molecule has 0 bridgehead atoms. The van der Waals surface area contributed by atoms with Crippen LogP contribution in [0.1, 0.15) is 32.1 Å². The lowest BCUT2D eigenvalue weighted by Gasteiger charge is -2.21. The molecular weight excluding hydrogens is 261 g/mol. The molecule has 1 amide bonds. The average molecular weight is 281 g/mol. The molecule has 1 fully saturated rings. The molecule has 0 aliphatic heterocycles. The van der Waals surface area contributed by atoms with Gasteiger partial charge >= 0.3 is 0 Å². The molecule has 104 valence electrons. The molecular formula is C15H20FNOS. The fourth-order valence-electron chi connectivity index (χ4n) is 2.41. The van der Waals surface area contributed by atoms with Crippen LogP contribution in [0, 0.1) is 11.7 Å². The first-order valence-electron chi connectivity index (χ1n) is 6.90. The summed E-state index contributed by atoms with van der Waals surface area (Å²) in [6, 6.07) is 6.56. The molecule has 4 heteroatoms. The Morgan fingerprint density at radius 3 is 2.74 bits per heavy atom. The van der Waals surface area contributed by atoms with Crippen LogP contribution in [0.25, 0.3) is 0 Å². The van der Waals surface area contributed by atoms with E-state index in [4.69, 9.17) is 0 Å². The van der Waals surface area contributed by atoms with Gasteiger partial charge in [0.15, 0.2) is 0 Å². The Kier molecular flexibility index (Phi) is 5.70. The monoisotopic (exact) mass is 281 g/mol. The molecule has 1 N–H and O–H groups in total. The molecule has 1 saturated carbocycles. The van der Waals surface area contributed by atoms with Crippen LogP contribution in [-0.2, 0) is 4.79 Å². The van der Waals surface area contributed by atoms with Gasteiger partial charge in [0.05, 0.1) is 5.75 Å². The second kappa shape index (κ2) is 7.53. The Balaban J connectivity index is 1.68. The summed E-state index contributed by atoms with van der Waals surface area (Å²) in [5, 5.41) is 2.96. The summed E-state index contributed by atoms with van der Waals surface area (Å²) in [5.41, 5.74) is 0. The maximum absolute atomic E-state index is 13.4. The molecule has 1 aliphatic rings. The molecule has 0 atom stereocenters. The van der Waals surface area contributed by atoms with Gasteiger partial charge in [-0.25, -0.2) is 4.39 Å². The van der Waals surface area contributed by atoms with Crippen LogP contribution < -0.4 is 5.32 Å². The van der Waals surface area contributed by atoms with Gasteiger partial charge in [-0.2, -0.15) is 0 Å². The van der Waals surface area contributed by atoms with Gasteiger partial charge < -0.3 is 5.32 Å². The molecule has 0 saturated heterocycles. The van der Waals surface area contributed by atoms with Gasteiger partial charge in [-0.05, 0) is 30.9 Å². The Labute approximate surface area is 118 Å². The fourth-order valence-corrected chi connectivity index (χ4v) is 3.17. The van der Waals surface area contributed by atoms with E-state index < -0.39 is 0 Å². The van der Waals surface area contributed by atoms with Gasteiger partial charge in [-0.1, -0.05) is 31.4 Å². The molecule has 1 aliphatic carbocycles. The fraction of sp³-hybridized carbons (Fsp3) is 0.533. The number of thioether (sulfide) groups is 1. The first-order valence-corrected chi connectivity index (χ1v) is 7.88. The minimum absolute atomic E-state index is 0.00109. The number of carbonyl (C=O) groups excluding carboxylic acids is 1. The molecule has 0 unspecified atom stereocenters. The number of hydrogen-bond donors (Lipinski definition) is 1. The Hall–Kier alpha value is -1.03. The Morgan fingerprint density at radius 2 is 2.00 bits per heavy atom. The zero-order valence-corrected chi connectivity index (χ0v) is 11.8. The predicted octanol–water partition coefficient (Wildman–Crippen LogP) is 3.61. The van der Waals surface area contributed by atoms with Crippen molar-refractivity contribution < 1.29 is 9.18 Å². The van der Waals surface area contributed by atoms with Gasteiger partial charge in [0, 0.05) is 11.4 Å². The van der Waals surface area contributed by atoms with E-state index in [1.807, 2.05) is 0 Å². The van der Waals surface area contributed by atoms with Crippen molar-refractivity contribution in [3.8, 4) is 0 Å². The highest BCUT2D eigenvalue weighted by Crippen LogP contribution is 2.23. The third-order valence-corrected chi connectivity index (χ3v) is 4.56. The van der Waals surface area contributed by atoms with E-state index in [1.54, 1.807) is 18.2 Å². The number of halogens is 1. The van der Waals surface area contributed by atoms with Crippen molar-refractivity contribution in [2.75, 3.05) is 12.3 Å². The zero-order chi connectivity index (χ0) is 13.5. The van der Waals surface area contributed by atoms with Crippen molar-refractivity contribution >= 4 is 17.7 Å². The second-order valence-corrected chi connectivity index (χ2v) is 6.04. The summed E-state index contributed by atoms with van der Waals surface area (Å²) in [4.78, 5) is 12.3. The van der Waals surface area contributed by atoms with E-state index in [9.17, 15) is 9.18 Å². The maximum Gasteiger partial charge on any atom is 0.230 e. The zero-order valence-electron chi connectivity index (χ0n) is 11.0. The van der Waals surface area contributed by atoms with Crippen LogP contribution in [0.2, 0.25) is 0 Å². The van der Waals surface area contributed by atoms with E-state index in [0.717, 1.165) is 6.54 Å². The second-order valence-electron chi connectivity index (χ2n) is 5.03. The molecule has 1 aromatic rings.